The van der Waals surface area contributed by atoms with Crippen LogP contribution >= 0.6 is 11.6 Å². The number of epoxide rings is 1. The Kier molecular flexibility index (Phi) is 10.5. The molecule has 246 valence electrons. The van der Waals surface area contributed by atoms with Crippen molar-refractivity contribution in [2.45, 2.75) is 69.6 Å². The van der Waals surface area contributed by atoms with Crippen LogP contribution in [0.1, 0.15) is 37.3 Å². The van der Waals surface area contributed by atoms with Crippen LogP contribution in [0.25, 0.3) is 11.1 Å². The maximum atomic E-state index is 13.1. The summed E-state index contributed by atoms with van der Waals surface area (Å²) < 4.78 is 18.1. The van der Waals surface area contributed by atoms with E-state index in [2.05, 4.69) is 30.8 Å². The number of ether oxygens (including phenoxy) is 3. The average molecular weight is 762 g/mol. The fourth-order valence-electron chi connectivity index (χ4n) is 7.08. The maximum absolute atomic E-state index is 13.1. The minimum absolute atomic E-state index is 0. The number of methoxy groups -OCH3 is 1. The Labute approximate surface area is 292 Å². The van der Waals surface area contributed by atoms with Crippen LogP contribution in [0.2, 0.25) is 5.02 Å². The molecule has 3 N–H and O–H groups in total. The zero-order valence-electron chi connectivity index (χ0n) is 26.5. The van der Waals surface area contributed by atoms with Gasteiger partial charge in [0.15, 0.2) is 0 Å². The summed E-state index contributed by atoms with van der Waals surface area (Å²) in [5, 5.41) is 15.8. The number of halogens is 2. The van der Waals surface area contributed by atoms with E-state index in [1.54, 1.807) is 12.1 Å². The van der Waals surface area contributed by atoms with E-state index < -0.39 is 6.09 Å². The Morgan fingerprint density at radius 3 is 2.37 bits per heavy atom. The lowest BCUT2D eigenvalue weighted by atomic mass is 9.96. The summed E-state index contributed by atoms with van der Waals surface area (Å²) in [6.07, 6.45) is 2.90. The fraction of sp³-hybridized carbons (Fsp3) is 0.429. The third-order valence-corrected chi connectivity index (χ3v) is 10.1. The van der Waals surface area contributed by atoms with Gasteiger partial charge in [-0.25, -0.2) is 4.79 Å². The molecule has 0 radical (unpaired) electrons. The van der Waals surface area contributed by atoms with Gasteiger partial charge in [-0.2, -0.15) is 0 Å². The predicted octanol–water partition coefficient (Wildman–Crippen LogP) is 3.02. The first-order valence-electron chi connectivity index (χ1n) is 15.5. The minimum atomic E-state index is -0.446. The van der Waals surface area contributed by atoms with Gasteiger partial charge in [-0.3, -0.25) is 10.1 Å². The molecule has 46 heavy (non-hydrogen) atoms. The van der Waals surface area contributed by atoms with Crippen molar-refractivity contribution in [3.05, 3.63) is 76.8 Å². The normalized spacial score (nSPS) is 24.2. The van der Waals surface area contributed by atoms with Crippen molar-refractivity contribution in [3.8, 4) is 16.9 Å². The van der Waals surface area contributed by atoms with Crippen LogP contribution < -0.4 is 39.3 Å². The number of amides is 2. The zero-order valence-corrected chi connectivity index (χ0v) is 29.4. The molecular formula is C35H41ClIN3O6. The van der Waals surface area contributed by atoms with Crippen molar-refractivity contribution >= 4 is 35.0 Å². The van der Waals surface area contributed by atoms with E-state index in [9.17, 15) is 14.7 Å². The van der Waals surface area contributed by atoms with Crippen molar-refractivity contribution in [2.75, 3.05) is 31.8 Å². The Bertz CT molecular complexity index is 1570. The molecule has 2 amide bonds. The number of aliphatic hydroxyl groups excluding tert-OH is 1. The fourth-order valence-corrected chi connectivity index (χ4v) is 7.31. The van der Waals surface area contributed by atoms with Gasteiger partial charge < -0.3 is 53.1 Å². The highest BCUT2D eigenvalue weighted by Crippen LogP contribution is 2.51. The Hall–Kier alpha value is -2.90. The Morgan fingerprint density at radius 2 is 1.72 bits per heavy atom. The highest BCUT2D eigenvalue weighted by Gasteiger charge is 2.70. The number of nitrogens with one attached hydrogen (secondary N) is 2. The number of hydrogen-bond donors (Lipinski definition) is 3. The number of carbonyl (C=O) groups is 2. The van der Waals surface area contributed by atoms with Crippen LogP contribution in [0.4, 0.5) is 16.2 Å². The molecule has 3 saturated heterocycles. The molecule has 3 aromatic carbocycles. The van der Waals surface area contributed by atoms with Crippen LogP contribution in [0.5, 0.6) is 5.75 Å². The van der Waals surface area contributed by atoms with Crippen LogP contribution in [-0.2, 0) is 27.3 Å². The van der Waals surface area contributed by atoms with Crippen molar-refractivity contribution in [1.29, 1.82) is 0 Å². The van der Waals surface area contributed by atoms with Gasteiger partial charge in [0.2, 0.25) is 5.91 Å². The van der Waals surface area contributed by atoms with Gasteiger partial charge in [-0.15, -0.1) is 0 Å². The van der Waals surface area contributed by atoms with E-state index >= 15 is 0 Å². The largest absolute Gasteiger partial charge is 1.00 e. The molecule has 3 aromatic rings. The molecular weight excluding hydrogens is 721 g/mol. The van der Waals surface area contributed by atoms with Crippen molar-refractivity contribution in [1.82, 2.24) is 0 Å². The molecule has 1 unspecified atom stereocenters. The van der Waals surface area contributed by atoms with Crippen LogP contribution in [0.15, 0.2) is 60.7 Å². The van der Waals surface area contributed by atoms with Gasteiger partial charge >= 0.3 is 6.09 Å². The molecule has 0 saturated carbocycles. The number of likely N-dealkylation sites (N-methyl/N-ethyl adjacent to an activating group) is 1. The lowest BCUT2D eigenvalue weighted by Gasteiger charge is -2.45. The number of anilines is 2. The van der Waals surface area contributed by atoms with Gasteiger partial charge in [0, 0.05) is 36.0 Å². The van der Waals surface area contributed by atoms with Gasteiger partial charge in [0.05, 0.1) is 44.2 Å². The van der Waals surface area contributed by atoms with Crippen LogP contribution in [0.3, 0.4) is 0 Å². The number of fused-ring (bicyclic) bond motifs is 5. The predicted molar refractivity (Wildman–Crippen MR) is 173 cm³/mol. The summed E-state index contributed by atoms with van der Waals surface area (Å²) in [5.41, 5.74) is 4.57. The summed E-state index contributed by atoms with van der Waals surface area (Å²) in [4.78, 5) is 26.2. The van der Waals surface area contributed by atoms with E-state index in [4.69, 9.17) is 25.8 Å². The highest BCUT2D eigenvalue weighted by molar-refractivity contribution is 6.33. The van der Waals surface area contributed by atoms with Gasteiger partial charge in [0.25, 0.3) is 0 Å². The molecule has 6 rings (SSSR count). The molecule has 0 spiro atoms. The monoisotopic (exact) mass is 761 g/mol. The van der Waals surface area contributed by atoms with E-state index in [-0.39, 0.29) is 48.5 Å². The third-order valence-electron chi connectivity index (χ3n) is 9.83. The molecule has 3 aliphatic heterocycles. The van der Waals surface area contributed by atoms with Crippen molar-refractivity contribution in [2.24, 2.45) is 5.92 Å². The standard InChI is InChI=1S/C35H40ClN3O6.HI/c1-20(34(41)37-28-18-31(43-4)23(19-40)15-26(28)36)10-11-21-12-13-27(25(14-21)22-8-6-5-7-9-22)38-35(42)44-24-16-29-32-33(45-32)30(17-24)39(29,2)3;/h5-9,12-15,18,20,24,29-30,32-33,40H,10-11,16-17,19H2,1-4H3,(H-,37,38,41,42);1H/t20?,24-,29-,30+,32-,33+;. The Balaban J connectivity index is 0.00000417. The molecule has 9 nitrogen and oxygen atoms in total. The van der Waals surface area contributed by atoms with E-state index in [1.165, 1.54) is 7.11 Å². The second-order valence-corrected chi connectivity index (χ2v) is 13.3. The van der Waals surface area contributed by atoms with Crippen molar-refractivity contribution < 1.29 is 57.4 Å². The lowest BCUT2D eigenvalue weighted by molar-refractivity contribution is -0.938. The molecule has 2 bridgehead atoms. The van der Waals surface area contributed by atoms with Gasteiger partial charge in [-0.05, 0) is 42.2 Å². The molecule has 0 aliphatic carbocycles. The highest BCUT2D eigenvalue weighted by atomic mass is 127. The number of carbonyl (C=O) groups excluding carboxylic acids is 2. The number of piperidine rings is 1. The summed E-state index contributed by atoms with van der Waals surface area (Å²) in [6.45, 7) is 1.66. The lowest BCUT2D eigenvalue weighted by Crippen LogP contribution is -3.00. The number of nitrogens with zero attached hydrogens (tertiary/aromatic N) is 1. The number of morpholine rings is 1. The zero-order chi connectivity index (χ0) is 31.9. The van der Waals surface area contributed by atoms with Crippen molar-refractivity contribution in [3.63, 3.8) is 0 Å². The average Bonchev–Trinajstić information content (AvgIpc) is 3.80. The SMILES string of the molecule is COc1cc(NC(=O)C(C)CCc2ccc(NC(=O)O[C@@H]3C[C@@H]4[C@H]5O[C@H]5[C@H](C3)[N+]4(C)C)c(-c3ccccc3)c2)c(Cl)cc1CO.[I-]. The first-order chi connectivity index (χ1) is 21.6. The van der Waals surface area contributed by atoms with E-state index in [1.807, 2.05) is 49.4 Å². The first kappa shape index (κ1) is 34.4. The summed E-state index contributed by atoms with van der Waals surface area (Å²) in [7, 11) is 6.01. The number of rotatable bonds is 10. The molecule has 6 atom stereocenters. The second kappa shape index (κ2) is 14.1. The quantitative estimate of drug-likeness (QED) is 0.167. The summed E-state index contributed by atoms with van der Waals surface area (Å²) in [6, 6.07) is 19.8. The molecule has 11 heteroatoms. The molecule has 3 aliphatic rings. The summed E-state index contributed by atoms with van der Waals surface area (Å²) in [5.74, 6) is -0.0125. The number of quaternary nitrogens is 1. The number of hydrogen-bond acceptors (Lipinski definition) is 6. The second-order valence-electron chi connectivity index (χ2n) is 12.9. The van der Waals surface area contributed by atoms with Crippen LogP contribution in [0, 0.1) is 5.92 Å². The van der Waals surface area contributed by atoms with Gasteiger partial charge in [0.1, 0.15) is 36.1 Å². The topological polar surface area (TPSA) is 109 Å². The van der Waals surface area contributed by atoms with E-state index in [0.29, 0.717) is 64.8 Å². The number of benzene rings is 3. The summed E-state index contributed by atoms with van der Waals surface area (Å²) >= 11 is 6.35. The maximum Gasteiger partial charge on any atom is 0.411 e. The number of aliphatic hydroxyl groups is 1. The van der Waals surface area contributed by atoms with E-state index in [0.717, 1.165) is 34.0 Å². The molecule has 3 fully saturated rings. The third kappa shape index (κ3) is 7.01. The number of aryl methyl sites for hydroxylation is 1. The van der Waals surface area contributed by atoms with Gasteiger partial charge in [-0.1, -0.05) is 54.9 Å². The Morgan fingerprint density at radius 1 is 1.02 bits per heavy atom. The minimum Gasteiger partial charge on any atom is -1.00 e. The first-order valence-corrected chi connectivity index (χ1v) is 15.9. The molecule has 3 heterocycles. The smallest absolute Gasteiger partial charge is 0.411 e. The molecule has 0 aromatic heterocycles. The van der Waals surface area contributed by atoms with Crippen LogP contribution in [-0.4, -0.2) is 73.2 Å².